The van der Waals surface area contributed by atoms with Gasteiger partial charge in [0.05, 0.1) is 12.6 Å². The van der Waals surface area contributed by atoms with Crippen LogP contribution in [0.15, 0.2) is 0 Å². The normalized spacial score (nSPS) is 25.6. The number of carbonyl (C=O) groups excluding carboxylic acids is 1. The van der Waals surface area contributed by atoms with Gasteiger partial charge in [-0.15, -0.1) is 0 Å². The summed E-state index contributed by atoms with van der Waals surface area (Å²) in [5.74, 6) is 0. The molecule has 0 bridgehead atoms. The fraction of sp³-hybridized carbons (Fsp3) is 0.600. The van der Waals surface area contributed by atoms with Gasteiger partial charge in [0, 0.05) is 7.05 Å². The van der Waals surface area contributed by atoms with E-state index < -0.39 is 0 Å². The van der Waals surface area contributed by atoms with Gasteiger partial charge in [0.2, 0.25) is 0 Å². The number of hydrogen-bond donors (Lipinski definition) is 1. The van der Waals surface area contributed by atoms with Crippen molar-refractivity contribution in [1.29, 1.82) is 5.26 Å². The highest BCUT2D eigenvalue weighted by molar-refractivity contribution is 5.77. The first-order chi connectivity index (χ1) is 4.24. The van der Waals surface area contributed by atoms with E-state index in [2.05, 4.69) is 5.32 Å². The van der Waals surface area contributed by atoms with Crippen molar-refractivity contribution in [3.63, 3.8) is 0 Å². The van der Waals surface area contributed by atoms with Gasteiger partial charge in [-0.3, -0.25) is 0 Å². The van der Waals surface area contributed by atoms with Crippen LogP contribution in [0.25, 0.3) is 0 Å². The molecule has 0 aromatic carbocycles. The molecule has 0 aliphatic carbocycles. The molecular weight excluding hydrogens is 118 g/mol. The van der Waals surface area contributed by atoms with E-state index >= 15 is 0 Å². The number of carbonyl (C=O) groups is 1. The van der Waals surface area contributed by atoms with Gasteiger partial charge in [0.15, 0.2) is 0 Å². The Balaban J connectivity index is 2.57. The highest BCUT2D eigenvalue weighted by Gasteiger charge is 2.24. The van der Waals surface area contributed by atoms with E-state index in [0.29, 0.717) is 6.54 Å². The number of likely N-dealkylation sites (N-methyl/N-ethyl adjacent to an activating group) is 1. The third kappa shape index (κ3) is 0.941. The molecule has 48 valence electrons. The molecule has 0 aromatic heterocycles. The molecule has 1 aliphatic heterocycles. The molecule has 1 unspecified atom stereocenters. The van der Waals surface area contributed by atoms with Crippen LogP contribution in [-0.2, 0) is 0 Å². The van der Waals surface area contributed by atoms with Crippen molar-refractivity contribution in [2.45, 2.75) is 6.04 Å². The topological polar surface area (TPSA) is 56.1 Å². The summed E-state index contributed by atoms with van der Waals surface area (Å²) in [5.41, 5.74) is 0. The van der Waals surface area contributed by atoms with E-state index in [1.165, 1.54) is 4.90 Å². The number of rotatable bonds is 0. The van der Waals surface area contributed by atoms with E-state index in [0.717, 1.165) is 0 Å². The number of nitriles is 1. The van der Waals surface area contributed by atoms with Crippen molar-refractivity contribution in [2.75, 3.05) is 13.6 Å². The summed E-state index contributed by atoms with van der Waals surface area (Å²) >= 11 is 0. The van der Waals surface area contributed by atoms with Gasteiger partial charge in [-0.1, -0.05) is 0 Å². The van der Waals surface area contributed by atoms with Crippen LogP contribution in [0.5, 0.6) is 0 Å². The lowest BCUT2D eigenvalue weighted by Gasteiger charge is -2.01. The first-order valence-corrected chi connectivity index (χ1v) is 2.65. The zero-order valence-electron chi connectivity index (χ0n) is 5.09. The van der Waals surface area contributed by atoms with Crippen molar-refractivity contribution in [1.82, 2.24) is 10.2 Å². The third-order valence-corrected chi connectivity index (χ3v) is 1.26. The predicted molar refractivity (Wildman–Crippen MR) is 30.6 cm³/mol. The Kier molecular flexibility index (Phi) is 1.27. The lowest BCUT2D eigenvalue weighted by atomic mass is 10.4. The molecule has 1 N–H and O–H groups in total. The first-order valence-electron chi connectivity index (χ1n) is 2.65. The predicted octanol–water partition coefficient (Wildman–Crippen LogP) is -0.466. The lowest BCUT2D eigenvalue weighted by molar-refractivity contribution is 0.226. The Hall–Kier alpha value is -1.24. The average Bonchev–Trinajstić information content (AvgIpc) is 2.13. The summed E-state index contributed by atoms with van der Waals surface area (Å²) in [6, 6.07) is 1.47. The summed E-state index contributed by atoms with van der Waals surface area (Å²) in [4.78, 5) is 12.1. The monoisotopic (exact) mass is 125 g/mol. The van der Waals surface area contributed by atoms with Crippen LogP contribution in [0.1, 0.15) is 0 Å². The van der Waals surface area contributed by atoms with Crippen LogP contribution in [0.2, 0.25) is 0 Å². The van der Waals surface area contributed by atoms with Crippen LogP contribution in [0.3, 0.4) is 0 Å². The molecule has 1 rings (SSSR count). The van der Waals surface area contributed by atoms with E-state index in [4.69, 9.17) is 5.26 Å². The van der Waals surface area contributed by atoms with Crippen LogP contribution < -0.4 is 5.32 Å². The Morgan fingerprint density at radius 2 is 2.67 bits per heavy atom. The minimum atomic E-state index is -0.317. The largest absolute Gasteiger partial charge is 0.325 e. The van der Waals surface area contributed by atoms with Gasteiger partial charge in [-0.2, -0.15) is 5.26 Å². The molecule has 4 nitrogen and oxygen atoms in total. The van der Waals surface area contributed by atoms with Crippen molar-refractivity contribution < 1.29 is 4.79 Å². The van der Waals surface area contributed by atoms with Crippen molar-refractivity contribution >= 4 is 6.03 Å². The van der Waals surface area contributed by atoms with E-state index in [-0.39, 0.29) is 12.1 Å². The van der Waals surface area contributed by atoms with Crippen molar-refractivity contribution in [3.8, 4) is 6.07 Å². The quantitative estimate of drug-likeness (QED) is 0.476. The summed E-state index contributed by atoms with van der Waals surface area (Å²) in [7, 11) is 1.66. The average molecular weight is 125 g/mol. The van der Waals surface area contributed by atoms with Crippen LogP contribution in [-0.4, -0.2) is 30.6 Å². The van der Waals surface area contributed by atoms with Crippen LogP contribution in [0.4, 0.5) is 4.79 Å². The molecule has 4 heteroatoms. The van der Waals surface area contributed by atoms with Crippen molar-refractivity contribution in [2.24, 2.45) is 0 Å². The molecule has 0 spiro atoms. The number of urea groups is 1. The standard InChI is InChI=1S/C5H7N3O/c1-8-3-4(2-6)7-5(8)9/h4H,3H2,1H3,(H,7,9). The second-order valence-corrected chi connectivity index (χ2v) is 2.01. The maximum atomic E-state index is 10.6. The lowest BCUT2D eigenvalue weighted by Crippen LogP contribution is -2.25. The minimum absolute atomic E-state index is 0.165. The van der Waals surface area contributed by atoms with Crippen molar-refractivity contribution in [3.05, 3.63) is 0 Å². The maximum absolute atomic E-state index is 10.6. The highest BCUT2D eigenvalue weighted by Crippen LogP contribution is 1.97. The molecule has 2 amide bonds. The number of nitrogens with zero attached hydrogens (tertiary/aromatic N) is 2. The Morgan fingerprint density at radius 1 is 2.00 bits per heavy atom. The molecule has 1 aliphatic rings. The Bertz CT molecular complexity index is 172. The number of amides is 2. The van der Waals surface area contributed by atoms with Gasteiger partial charge in [0.1, 0.15) is 6.04 Å². The molecule has 0 saturated carbocycles. The van der Waals surface area contributed by atoms with Gasteiger partial charge in [0.25, 0.3) is 0 Å². The second kappa shape index (κ2) is 1.94. The third-order valence-electron chi connectivity index (χ3n) is 1.26. The molecule has 9 heavy (non-hydrogen) atoms. The second-order valence-electron chi connectivity index (χ2n) is 2.01. The Morgan fingerprint density at radius 3 is 2.89 bits per heavy atom. The number of hydrogen-bond acceptors (Lipinski definition) is 2. The van der Waals surface area contributed by atoms with E-state index in [9.17, 15) is 4.79 Å². The molecule has 0 radical (unpaired) electrons. The number of nitrogens with one attached hydrogen (secondary N) is 1. The van der Waals surface area contributed by atoms with Crippen LogP contribution in [0, 0.1) is 11.3 Å². The summed E-state index contributed by atoms with van der Waals surface area (Å²) in [6.45, 7) is 0.495. The van der Waals surface area contributed by atoms with Gasteiger partial charge in [-0.05, 0) is 0 Å². The molecule has 0 aromatic rings. The maximum Gasteiger partial charge on any atom is 0.318 e. The summed E-state index contributed by atoms with van der Waals surface area (Å²) < 4.78 is 0. The highest BCUT2D eigenvalue weighted by atomic mass is 16.2. The molecule has 1 heterocycles. The van der Waals surface area contributed by atoms with E-state index in [1.54, 1.807) is 7.05 Å². The molecule has 1 atom stereocenters. The molecular formula is C5H7N3O. The molecule has 1 saturated heterocycles. The smallest absolute Gasteiger partial charge is 0.318 e. The van der Waals surface area contributed by atoms with E-state index in [1.807, 2.05) is 6.07 Å². The fourth-order valence-electron chi connectivity index (χ4n) is 0.735. The SMILES string of the molecule is CN1CC(C#N)NC1=O. The van der Waals surface area contributed by atoms with Crippen LogP contribution >= 0.6 is 0 Å². The summed E-state index contributed by atoms with van der Waals surface area (Å²) in [6.07, 6.45) is 0. The summed E-state index contributed by atoms with van der Waals surface area (Å²) in [5, 5.41) is 10.8. The first kappa shape index (κ1) is 5.89. The zero-order chi connectivity index (χ0) is 6.85. The Labute approximate surface area is 53.1 Å². The zero-order valence-corrected chi connectivity index (χ0v) is 5.09. The minimum Gasteiger partial charge on any atom is -0.325 e. The van der Waals surface area contributed by atoms with Gasteiger partial charge < -0.3 is 10.2 Å². The fourth-order valence-corrected chi connectivity index (χ4v) is 0.735. The van der Waals surface area contributed by atoms with Gasteiger partial charge >= 0.3 is 6.03 Å². The van der Waals surface area contributed by atoms with Gasteiger partial charge in [-0.25, -0.2) is 4.79 Å². The molecule has 1 fully saturated rings.